The van der Waals surface area contributed by atoms with Crippen molar-refractivity contribution in [2.75, 3.05) is 5.32 Å². The maximum atomic E-state index is 12.4. The van der Waals surface area contributed by atoms with E-state index in [9.17, 15) is 9.90 Å². The van der Waals surface area contributed by atoms with E-state index in [0.29, 0.717) is 27.7 Å². The zero-order chi connectivity index (χ0) is 17.1. The van der Waals surface area contributed by atoms with Crippen LogP contribution >= 0.6 is 11.6 Å². The SMILES string of the molecule is CC(O)c1ccccc1NC(=O)c1cc(-c2ccccc2Cl)n[nH]1. The summed E-state index contributed by atoms with van der Waals surface area (Å²) in [6.45, 7) is 1.65. The van der Waals surface area contributed by atoms with Crippen LogP contribution in [0.1, 0.15) is 29.1 Å². The summed E-state index contributed by atoms with van der Waals surface area (Å²) in [5.74, 6) is -0.339. The smallest absolute Gasteiger partial charge is 0.273 e. The summed E-state index contributed by atoms with van der Waals surface area (Å²) in [6, 6.07) is 16.0. The first kappa shape index (κ1) is 16.2. The summed E-state index contributed by atoms with van der Waals surface area (Å²) in [7, 11) is 0. The lowest BCUT2D eigenvalue weighted by Gasteiger charge is -2.12. The molecule has 1 amide bonds. The highest BCUT2D eigenvalue weighted by molar-refractivity contribution is 6.33. The summed E-state index contributed by atoms with van der Waals surface area (Å²) in [6.07, 6.45) is -0.679. The lowest BCUT2D eigenvalue weighted by atomic mass is 10.1. The number of aromatic amines is 1. The maximum absolute atomic E-state index is 12.4. The highest BCUT2D eigenvalue weighted by Crippen LogP contribution is 2.27. The van der Waals surface area contributed by atoms with Crippen molar-refractivity contribution in [3.63, 3.8) is 0 Å². The van der Waals surface area contributed by atoms with Crippen molar-refractivity contribution in [1.29, 1.82) is 0 Å². The predicted molar refractivity (Wildman–Crippen MR) is 94.1 cm³/mol. The molecule has 0 aliphatic rings. The van der Waals surface area contributed by atoms with Gasteiger partial charge in [0.15, 0.2) is 0 Å². The fourth-order valence-electron chi connectivity index (χ4n) is 2.41. The molecule has 0 radical (unpaired) electrons. The van der Waals surface area contributed by atoms with E-state index in [2.05, 4.69) is 15.5 Å². The summed E-state index contributed by atoms with van der Waals surface area (Å²) in [5, 5.41) is 20.0. The number of carbonyl (C=O) groups excluding carboxylic acids is 1. The Kier molecular flexibility index (Phi) is 4.64. The summed E-state index contributed by atoms with van der Waals surface area (Å²) in [5.41, 5.74) is 2.86. The summed E-state index contributed by atoms with van der Waals surface area (Å²) < 4.78 is 0. The zero-order valence-electron chi connectivity index (χ0n) is 13.0. The number of H-pyrrole nitrogens is 1. The molecule has 0 bridgehead atoms. The number of aliphatic hydroxyl groups is 1. The Morgan fingerprint density at radius 3 is 2.67 bits per heavy atom. The van der Waals surface area contributed by atoms with Crippen LogP contribution in [0.15, 0.2) is 54.6 Å². The van der Waals surface area contributed by atoms with Gasteiger partial charge in [-0.15, -0.1) is 0 Å². The highest BCUT2D eigenvalue weighted by atomic mass is 35.5. The van der Waals surface area contributed by atoms with Crippen LogP contribution in [0.25, 0.3) is 11.3 Å². The Balaban J connectivity index is 1.84. The number of nitrogens with zero attached hydrogens (tertiary/aromatic N) is 1. The largest absolute Gasteiger partial charge is 0.389 e. The molecule has 3 N–H and O–H groups in total. The van der Waals surface area contributed by atoms with Crippen molar-refractivity contribution in [1.82, 2.24) is 10.2 Å². The first-order valence-electron chi connectivity index (χ1n) is 7.45. The second kappa shape index (κ2) is 6.86. The number of halogens is 1. The van der Waals surface area contributed by atoms with Crippen LogP contribution in [-0.2, 0) is 0 Å². The first-order chi connectivity index (χ1) is 11.6. The maximum Gasteiger partial charge on any atom is 0.273 e. The van der Waals surface area contributed by atoms with Gasteiger partial charge in [0.05, 0.1) is 16.8 Å². The number of nitrogens with one attached hydrogen (secondary N) is 2. The molecule has 0 aliphatic carbocycles. The minimum Gasteiger partial charge on any atom is -0.389 e. The Morgan fingerprint density at radius 2 is 1.92 bits per heavy atom. The van der Waals surface area contributed by atoms with E-state index >= 15 is 0 Å². The summed E-state index contributed by atoms with van der Waals surface area (Å²) in [4.78, 5) is 12.4. The number of aliphatic hydroxyl groups excluding tert-OH is 1. The van der Waals surface area contributed by atoms with Crippen LogP contribution < -0.4 is 5.32 Å². The topological polar surface area (TPSA) is 78.0 Å². The molecule has 122 valence electrons. The summed E-state index contributed by atoms with van der Waals surface area (Å²) >= 11 is 6.15. The third-order valence-corrected chi connectivity index (χ3v) is 3.96. The predicted octanol–water partition coefficient (Wildman–Crippen LogP) is 4.04. The number of para-hydroxylation sites is 1. The van der Waals surface area contributed by atoms with Crippen LogP contribution in [0.4, 0.5) is 5.69 Å². The van der Waals surface area contributed by atoms with Gasteiger partial charge in [-0.1, -0.05) is 48.0 Å². The number of anilines is 1. The van der Waals surface area contributed by atoms with E-state index in [-0.39, 0.29) is 5.91 Å². The van der Waals surface area contributed by atoms with Crippen molar-refractivity contribution < 1.29 is 9.90 Å². The van der Waals surface area contributed by atoms with Gasteiger partial charge in [-0.25, -0.2) is 0 Å². The third kappa shape index (κ3) is 3.32. The minimum absolute atomic E-state index is 0.310. The van der Waals surface area contributed by atoms with E-state index in [0.717, 1.165) is 5.56 Å². The standard InChI is InChI=1S/C18H16ClN3O2/c1-11(23)12-6-3-5-9-15(12)20-18(24)17-10-16(21-22-17)13-7-2-4-8-14(13)19/h2-11,23H,1H3,(H,20,24)(H,21,22). The van der Waals surface area contributed by atoms with Gasteiger partial charge >= 0.3 is 0 Å². The number of rotatable bonds is 4. The lowest BCUT2D eigenvalue weighted by molar-refractivity contribution is 0.102. The Labute approximate surface area is 144 Å². The Bertz CT molecular complexity index is 874. The quantitative estimate of drug-likeness (QED) is 0.670. The van der Waals surface area contributed by atoms with Crippen LogP contribution in [0, 0.1) is 0 Å². The Hall–Kier alpha value is -2.63. The molecule has 2 aromatic carbocycles. The second-order valence-electron chi connectivity index (χ2n) is 5.36. The molecule has 3 rings (SSSR count). The molecule has 1 unspecified atom stereocenters. The highest BCUT2D eigenvalue weighted by Gasteiger charge is 2.15. The number of hydrogen-bond donors (Lipinski definition) is 3. The fourth-order valence-corrected chi connectivity index (χ4v) is 2.64. The van der Waals surface area contributed by atoms with Crippen molar-refractivity contribution in [3.05, 3.63) is 70.9 Å². The molecule has 3 aromatic rings. The van der Waals surface area contributed by atoms with Crippen molar-refractivity contribution in [2.45, 2.75) is 13.0 Å². The van der Waals surface area contributed by atoms with Gasteiger partial charge in [-0.3, -0.25) is 9.89 Å². The van der Waals surface area contributed by atoms with Gasteiger partial charge in [-0.05, 0) is 25.1 Å². The van der Waals surface area contributed by atoms with Crippen LogP contribution in [0.3, 0.4) is 0 Å². The normalized spacial score (nSPS) is 12.0. The van der Waals surface area contributed by atoms with E-state index in [1.165, 1.54) is 0 Å². The van der Waals surface area contributed by atoms with E-state index < -0.39 is 6.10 Å². The van der Waals surface area contributed by atoms with Gasteiger partial charge in [0.1, 0.15) is 5.69 Å². The number of carbonyl (C=O) groups is 1. The average Bonchev–Trinajstić information content (AvgIpc) is 3.05. The zero-order valence-corrected chi connectivity index (χ0v) is 13.7. The Morgan fingerprint density at radius 1 is 1.21 bits per heavy atom. The van der Waals surface area contributed by atoms with Crippen molar-refractivity contribution in [2.24, 2.45) is 0 Å². The van der Waals surface area contributed by atoms with Crippen molar-refractivity contribution >= 4 is 23.2 Å². The molecule has 1 heterocycles. The van der Waals surface area contributed by atoms with Crippen LogP contribution in [0.5, 0.6) is 0 Å². The molecule has 0 saturated heterocycles. The molecule has 1 atom stereocenters. The van der Waals surface area contributed by atoms with Gasteiger partial charge in [0, 0.05) is 16.8 Å². The van der Waals surface area contributed by atoms with Gasteiger partial charge in [0.25, 0.3) is 5.91 Å². The third-order valence-electron chi connectivity index (χ3n) is 3.63. The number of benzene rings is 2. The lowest BCUT2D eigenvalue weighted by Crippen LogP contribution is -2.14. The van der Waals surface area contributed by atoms with Crippen molar-refractivity contribution in [3.8, 4) is 11.3 Å². The first-order valence-corrected chi connectivity index (χ1v) is 7.82. The number of amides is 1. The van der Waals surface area contributed by atoms with E-state index in [1.54, 1.807) is 37.3 Å². The second-order valence-corrected chi connectivity index (χ2v) is 5.77. The van der Waals surface area contributed by atoms with Gasteiger partial charge in [-0.2, -0.15) is 5.10 Å². The van der Waals surface area contributed by atoms with Gasteiger partial charge < -0.3 is 10.4 Å². The molecular formula is C18H16ClN3O2. The fraction of sp³-hybridized carbons (Fsp3) is 0.111. The molecule has 0 spiro atoms. The molecule has 0 fully saturated rings. The molecule has 5 nitrogen and oxygen atoms in total. The number of hydrogen-bond acceptors (Lipinski definition) is 3. The monoisotopic (exact) mass is 341 g/mol. The molecule has 6 heteroatoms. The van der Waals surface area contributed by atoms with Gasteiger partial charge in [0.2, 0.25) is 0 Å². The molecular weight excluding hydrogens is 326 g/mol. The van der Waals surface area contributed by atoms with Crippen LogP contribution in [-0.4, -0.2) is 21.2 Å². The van der Waals surface area contributed by atoms with E-state index in [4.69, 9.17) is 11.6 Å². The van der Waals surface area contributed by atoms with E-state index in [1.807, 2.05) is 24.3 Å². The van der Waals surface area contributed by atoms with Crippen LogP contribution in [0.2, 0.25) is 5.02 Å². The molecule has 24 heavy (non-hydrogen) atoms. The molecule has 0 aliphatic heterocycles. The average molecular weight is 342 g/mol. The minimum atomic E-state index is -0.679. The molecule has 0 saturated carbocycles. The number of aromatic nitrogens is 2. The molecule has 1 aromatic heterocycles.